The van der Waals surface area contributed by atoms with Crippen LogP contribution in [0.1, 0.15) is 20.3 Å². The average molecular weight is 343 g/mol. The first kappa shape index (κ1) is 17.1. The van der Waals surface area contributed by atoms with Crippen molar-refractivity contribution in [2.45, 2.75) is 26.4 Å². The highest BCUT2D eigenvalue weighted by Crippen LogP contribution is 2.32. The summed E-state index contributed by atoms with van der Waals surface area (Å²) in [6, 6.07) is 5.65. The van der Waals surface area contributed by atoms with E-state index in [9.17, 15) is 9.90 Å². The fraction of sp³-hybridized carbons (Fsp3) is 0.412. The molecule has 0 aliphatic carbocycles. The Morgan fingerprint density at radius 2 is 2.36 bits per heavy atom. The lowest BCUT2D eigenvalue weighted by molar-refractivity contribution is -0.526. The lowest BCUT2D eigenvalue weighted by Gasteiger charge is -2.19. The second-order valence-electron chi connectivity index (χ2n) is 6.11. The molecular weight excluding hydrogens is 320 g/mol. The molecule has 1 amide bonds. The number of aliphatic hydroxyl groups excluding tert-OH is 1. The Balaban J connectivity index is 1.95. The van der Waals surface area contributed by atoms with E-state index in [4.69, 9.17) is 5.73 Å². The largest absolute Gasteiger partial charge is 0.391 e. The third kappa shape index (κ3) is 3.69. The first-order valence-corrected chi connectivity index (χ1v) is 8.35. The number of hydrogen-bond donors (Lipinski definition) is 3. The lowest BCUT2D eigenvalue weighted by Crippen LogP contribution is -2.28. The zero-order valence-corrected chi connectivity index (χ0v) is 14.4. The zero-order valence-electron chi connectivity index (χ0n) is 14.4. The van der Waals surface area contributed by atoms with Crippen molar-refractivity contribution in [1.29, 1.82) is 0 Å². The molecule has 1 aromatic carbocycles. The third-order valence-corrected chi connectivity index (χ3v) is 4.22. The monoisotopic (exact) mass is 343 g/mol. The first-order valence-electron chi connectivity index (χ1n) is 8.35. The van der Waals surface area contributed by atoms with Crippen LogP contribution in [0.25, 0.3) is 0 Å². The Morgan fingerprint density at radius 3 is 2.96 bits per heavy atom. The van der Waals surface area contributed by atoms with Crippen LogP contribution in [0.5, 0.6) is 0 Å². The van der Waals surface area contributed by atoms with Gasteiger partial charge in [-0.15, -0.1) is 4.68 Å². The summed E-state index contributed by atoms with van der Waals surface area (Å²) in [5.41, 5.74) is 8.77. The van der Waals surface area contributed by atoms with Gasteiger partial charge in [-0.05, 0) is 31.5 Å². The van der Waals surface area contributed by atoms with E-state index in [-0.39, 0.29) is 12.0 Å². The minimum Gasteiger partial charge on any atom is -0.391 e. The standard InChI is InChI=1S/C17H22N6O2/c1-3-23-17(18)16(9-19-23)21-14-5-4-12(8-15(14)20-11(2)24)22-7-6-13(25)10-22/h4-5,8-9,13,25H,3,6-7,10H2,1-2H3,(H2,18,19,20,24)/p+1. The van der Waals surface area contributed by atoms with Crippen LogP contribution >= 0.6 is 0 Å². The van der Waals surface area contributed by atoms with E-state index in [1.807, 2.05) is 25.1 Å². The second-order valence-corrected chi connectivity index (χ2v) is 6.11. The molecule has 1 aromatic rings. The Labute approximate surface area is 146 Å². The number of anilines is 2. The molecule has 8 nitrogen and oxygen atoms in total. The summed E-state index contributed by atoms with van der Waals surface area (Å²) in [7, 11) is 0. The smallest absolute Gasteiger partial charge is 0.321 e. The van der Waals surface area contributed by atoms with Gasteiger partial charge in [-0.3, -0.25) is 10.5 Å². The van der Waals surface area contributed by atoms with Gasteiger partial charge >= 0.3 is 5.84 Å². The van der Waals surface area contributed by atoms with Crippen LogP contribution in [0.15, 0.2) is 28.3 Å². The van der Waals surface area contributed by atoms with E-state index in [0.717, 1.165) is 18.7 Å². The van der Waals surface area contributed by atoms with Crippen LogP contribution in [0, 0.1) is 0 Å². The number of nitrogens with one attached hydrogen (secondary N) is 1. The molecule has 2 aliphatic rings. The number of aliphatic imine (C=N–C) groups is 1. The highest BCUT2D eigenvalue weighted by molar-refractivity contribution is 6.62. The SMILES string of the molecule is CC[N+]1=C(N)C(=Nc2ccc(N3CCC(O)C3)cc2NC(C)=O)C=N1. The van der Waals surface area contributed by atoms with Crippen molar-refractivity contribution in [2.75, 3.05) is 29.9 Å². The normalized spacial score (nSPS) is 21.5. The summed E-state index contributed by atoms with van der Waals surface area (Å²) in [5, 5.41) is 16.7. The van der Waals surface area contributed by atoms with E-state index in [1.54, 1.807) is 10.9 Å². The van der Waals surface area contributed by atoms with Gasteiger partial charge in [0, 0.05) is 25.7 Å². The Kier molecular flexibility index (Phi) is 4.80. The number of nitrogens with two attached hydrogens (primary N) is 1. The van der Waals surface area contributed by atoms with Crippen LogP contribution < -0.4 is 16.0 Å². The van der Waals surface area contributed by atoms with Crippen LogP contribution in [-0.4, -0.2) is 59.2 Å². The highest BCUT2D eigenvalue weighted by atomic mass is 16.3. The Morgan fingerprint density at radius 1 is 1.56 bits per heavy atom. The molecule has 0 saturated carbocycles. The summed E-state index contributed by atoms with van der Waals surface area (Å²) in [6.45, 7) is 5.45. The molecule has 2 aliphatic heterocycles. The van der Waals surface area contributed by atoms with Crippen LogP contribution in [-0.2, 0) is 4.79 Å². The molecule has 1 unspecified atom stereocenters. The van der Waals surface area contributed by atoms with Gasteiger partial charge in [0.05, 0.1) is 17.5 Å². The number of hydrogen-bond acceptors (Lipinski definition) is 6. The Bertz CT molecular complexity index is 783. The molecule has 3 rings (SSSR count). The van der Waals surface area contributed by atoms with E-state index < -0.39 is 0 Å². The van der Waals surface area contributed by atoms with Gasteiger partial charge in [0.25, 0.3) is 0 Å². The Hall–Kier alpha value is -2.74. The molecule has 4 N–H and O–H groups in total. The highest BCUT2D eigenvalue weighted by Gasteiger charge is 2.23. The predicted octanol–water partition coefficient (Wildman–Crippen LogP) is 0.678. The maximum Gasteiger partial charge on any atom is 0.321 e. The fourth-order valence-corrected chi connectivity index (χ4v) is 2.94. The molecule has 0 spiro atoms. The van der Waals surface area contributed by atoms with Crippen molar-refractivity contribution in [1.82, 2.24) is 0 Å². The summed E-state index contributed by atoms with van der Waals surface area (Å²) in [6.07, 6.45) is 2.04. The van der Waals surface area contributed by atoms with Crippen LogP contribution in [0.2, 0.25) is 0 Å². The minimum absolute atomic E-state index is 0.174. The van der Waals surface area contributed by atoms with Gasteiger partial charge in [0.2, 0.25) is 5.91 Å². The number of β-amino-alcohol motifs (C(OH)–C–C–N with tert-alkyl or cyclic N) is 1. The average Bonchev–Trinajstić information content (AvgIpc) is 3.15. The van der Waals surface area contributed by atoms with E-state index in [1.165, 1.54) is 6.92 Å². The van der Waals surface area contributed by atoms with Gasteiger partial charge < -0.3 is 15.3 Å². The van der Waals surface area contributed by atoms with Crippen molar-refractivity contribution >= 4 is 40.7 Å². The molecule has 132 valence electrons. The number of hydrazone groups is 1. The van der Waals surface area contributed by atoms with Crippen molar-refractivity contribution in [3.8, 4) is 0 Å². The minimum atomic E-state index is -0.312. The van der Waals surface area contributed by atoms with Crippen LogP contribution in [0.4, 0.5) is 17.1 Å². The number of aliphatic hydroxyl groups is 1. The number of amides is 1. The quantitative estimate of drug-likeness (QED) is 0.699. The van der Waals surface area contributed by atoms with Crippen LogP contribution in [0.3, 0.4) is 0 Å². The predicted molar refractivity (Wildman–Crippen MR) is 99.2 cm³/mol. The van der Waals surface area contributed by atoms with Crippen molar-refractivity contribution in [2.24, 2.45) is 15.8 Å². The molecule has 1 fully saturated rings. The van der Waals surface area contributed by atoms with Gasteiger partial charge in [-0.2, -0.15) is 0 Å². The number of rotatable bonds is 4. The van der Waals surface area contributed by atoms with Crippen molar-refractivity contribution < 1.29 is 14.6 Å². The molecule has 2 heterocycles. The molecule has 25 heavy (non-hydrogen) atoms. The molecule has 1 atom stereocenters. The molecule has 1 saturated heterocycles. The maximum atomic E-state index is 11.6. The zero-order chi connectivity index (χ0) is 18.0. The third-order valence-electron chi connectivity index (χ3n) is 4.22. The van der Waals surface area contributed by atoms with Gasteiger partial charge in [0.1, 0.15) is 12.8 Å². The maximum absolute atomic E-state index is 11.6. The number of amidine groups is 1. The van der Waals surface area contributed by atoms with Gasteiger partial charge in [-0.25, -0.2) is 4.99 Å². The molecule has 0 aromatic heterocycles. The number of carbonyl (C=O) groups is 1. The van der Waals surface area contributed by atoms with Gasteiger partial charge in [-0.1, -0.05) is 5.10 Å². The lowest BCUT2D eigenvalue weighted by atomic mass is 10.2. The summed E-state index contributed by atoms with van der Waals surface area (Å²) < 4.78 is 1.66. The summed E-state index contributed by atoms with van der Waals surface area (Å²) in [4.78, 5) is 18.2. The van der Waals surface area contributed by atoms with Crippen molar-refractivity contribution in [3.05, 3.63) is 18.2 Å². The number of nitrogens with zero attached hydrogens (tertiary/aromatic N) is 4. The summed E-state index contributed by atoms with van der Waals surface area (Å²) in [5.74, 6) is 0.315. The fourth-order valence-electron chi connectivity index (χ4n) is 2.94. The van der Waals surface area contributed by atoms with E-state index in [0.29, 0.717) is 36.0 Å². The second kappa shape index (κ2) is 7.02. The van der Waals surface area contributed by atoms with Crippen molar-refractivity contribution in [3.63, 3.8) is 0 Å². The van der Waals surface area contributed by atoms with Gasteiger partial charge in [0.15, 0.2) is 5.71 Å². The van der Waals surface area contributed by atoms with E-state index >= 15 is 0 Å². The molecule has 0 bridgehead atoms. The molecular formula is C17H23N6O2+. The number of carbonyl (C=O) groups excluding carboxylic acids is 1. The number of benzene rings is 1. The molecule has 0 radical (unpaired) electrons. The summed E-state index contributed by atoms with van der Waals surface area (Å²) >= 11 is 0. The molecule has 8 heteroatoms. The topological polar surface area (TPSA) is 106 Å². The van der Waals surface area contributed by atoms with E-state index in [2.05, 4.69) is 20.3 Å². The first-order chi connectivity index (χ1) is 12.0.